The summed E-state index contributed by atoms with van der Waals surface area (Å²) in [6.07, 6.45) is -0.230. The van der Waals surface area contributed by atoms with Crippen molar-refractivity contribution in [2.75, 3.05) is 19.5 Å². The number of imidazole rings is 1. The molecule has 3 heterocycles. The summed E-state index contributed by atoms with van der Waals surface area (Å²) in [6, 6.07) is 0. The molecule has 0 aromatic carbocycles. The van der Waals surface area contributed by atoms with Gasteiger partial charge in [-0.15, -0.1) is 0 Å². The summed E-state index contributed by atoms with van der Waals surface area (Å²) in [5.41, 5.74) is 6.66. The summed E-state index contributed by atoms with van der Waals surface area (Å²) in [4.78, 5) is 12.3. The van der Waals surface area contributed by atoms with E-state index in [0.717, 1.165) is 0 Å². The van der Waals surface area contributed by atoms with Crippen molar-refractivity contribution in [2.24, 2.45) is 0 Å². The molecule has 120 valence electrons. The quantitative estimate of drug-likeness (QED) is 0.594. The SMILES string of the molecule is COc1nc(N)nc2c1ncn2[C@@H]1O[C@H](CO)[C@@H](O)[C@@H]1[Se]C. The second-order valence-electron chi connectivity index (χ2n) is 4.85. The third kappa shape index (κ3) is 2.33. The molecule has 22 heavy (non-hydrogen) atoms. The van der Waals surface area contributed by atoms with Crippen molar-refractivity contribution in [2.45, 2.75) is 29.1 Å². The van der Waals surface area contributed by atoms with E-state index < -0.39 is 18.4 Å². The van der Waals surface area contributed by atoms with E-state index in [4.69, 9.17) is 15.2 Å². The van der Waals surface area contributed by atoms with Crippen LogP contribution in [0, 0.1) is 0 Å². The molecule has 0 amide bonds. The molecule has 3 rings (SSSR count). The maximum absolute atomic E-state index is 10.3. The van der Waals surface area contributed by atoms with Crippen molar-refractivity contribution < 1.29 is 19.7 Å². The van der Waals surface area contributed by atoms with Crippen LogP contribution < -0.4 is 10.5 Å². The van der Waals surface area contributed by atoms with E-state index in [1.54, 1.807) is 10.9 Å². The van der Waals surface area contributed by atoms with Crippen molar-refractivity contribution in [1.29, 1.82) is 0 Å². The Bertz CT molecular complexity index is 681. The molecule has 9 nitrogen and oxygen atoms in total. The van der Waals surface area contributed by atoms with E-state index in [0.29, 0.717) is 11.2 Å². The van der Waals surface area contributed by atoms with Crippen LogP contribution in [0.25, 0.3) is 11.2 Å². The Morgan fingerprint density at radius 1 is 1.50 bits per heavy atom. The van der Waals surface area contributed by atoms with Crippen molar-refractivity contribution >= 4 is 32.1 Å². The van der Waals surface area contributed by atoms with Gasteiger partial charge in [-0.1, -0.05) is 0 Å². The summed E-state index contributed by atoms with van der Waals surface area (Å²) in [5, 5.41) is 19.6. The number of nitrogens with zero attached hydrogens (tertiary/aromatic N) is 4. The summed E-state index contributed by atoms with van der Waals surface area (Å²) in [5.74, 6) is 2.37. The van der Waals surface area contributed by atoms with E-state index >= 15 is 0 Å². The van der Waals surface area contributed by atoms with Gasteiger partial charge in [0.1, 0.15) is 0 Å². The molecule has 1 aliphatic heterocycles. The number of aliphatic hydroxyl groups is 2. The molecule has 1 saturated heterocycles. The Hall–Kier alpha value is -1.45. The number of ether oxygens (including phenoxy) is 2. The number of nitrogens with two attached hydrogens (primary N) is 1. The van der Waals surface area contributed by atoms with Crippen LogP contribution in [0.4, 0.5) is 5.95 Å². The molecule has 10 heteroatoms. The zero-order valence-corrected chi connectivity index (χ0v) is 13.8. The predicted molar refractivity (Wildman–Crippen MR) is 78.7 cm³/mol. The van der Waals surface area contributed by atoms with E-state index in [1.807, 2.05) is 5.82 Å². The van der Waals surface area contributed by atoms with Crippen LogP contribution in [0.15, 0.2) is 6.33 Å². The van der Waals surface area contributed by atoms with Gasteiger partial charge in [0.2, 0.25) is 0 Å². The molecule has 0 spiro atoms. The first-order valence-corrected chi connectivity index (χ1v) is 9.32. The summed E-state index contributed by atoms with van der Waals surface area (Å²) in [6.45, 7) is -0.239. The van der Waals surface area contributed by atoms with Crippen molar-refractivity contribution in [3.05, 3.63) is 6.33 Å². The standard InChI is InChI=1S/C12H17N5O4Se/c1-20-10-6-9(15-12(13)16-10)17(4-14-6)11-8(22-2)7(19)5(3-18)21-11/h4-5,7-8,11,18-19H,3H2,1-2H3,(H2,13,15,16)/t5-,7-,8+,11-/m1/s1. The van der Waals surface area contributed by atoms with Gasteiger partial charge >= 0.3 is 132 Å². The minimum absolute atomic E-state index is 0.0712. The molecular weight excluding hydrogens is 357 g/mol. The Morgan fingerprint density at radius 3 is 2.91 bits per heavy atom. The van der Waals surface area contributed by atoms with Crippen molar-refractivity contribution in [3.63, 3.8) is 0 Å². The molecule has 4 N–H and O–H groups in total. The van der Waals surface area contributed by atoms with Gasteiger partial charge in [0.05, 0.1) is 0 Å². The van der Waals surface area contributed by atoms with Crippen LogP contribution >= 0.6 is 0 Å². The predicted octanol–water partition coefficient (Wildman–Crippen LogP) is -0.792. The molecule has 2 aromatic heterocycles. The van der Waals surface area contributed by atoms with Gasteiger partial charge in [0.15, 0.2) is 0 Å². The van der Waals surface area contributed by atoms with Gasteiger partial charge < -0.3 is 0 Å². The van der Waals surface area contributed by atoms with E-state index in [-0.39, 0.29) is 38.2 Å². The third-order valence-electron chi connectivity index (χ3n) is 3.64. The Morgan fingerprint density at radius 2 is 2.27 bits per heavy atom. The number of methoxy groups -OCH3 is 1. The van der Waals surface area contributed by atoms with E-state index in [9.17, 15) is 10.2 Å². The van der Waals surface area contributed by atoms with Gasteiger partial charge in [0.25, 0.3) is 0 Å². The molecule has 2 aromatic rings. The van der Waals surface area contributed by atoms with Gasteiger partial charge in [-0.25, -0.2) is 0 Å². The fourth-order valence-corrected chi connectivity index (χ4v) is 4.43. The van der Waals surface area contributed by atoms with Crippen LogP contribution in [0.1, 0.15) is 6.23 Å². The second-order valence-corrected chi connectivity index (χ2v) is 6.98. The number of hydrogen-bond donors (Lipinski definition) is 3. The van der Waals surface area contributed by atoms with Gasteiger partial charge in [0, 0.05) is 0 Å². The Labute approximate surface area is 132 Å². The first-order chi connectivity index (χ1) is 10.6. The molecule has 1 fully saturated rings. The third-order valence-corrected chi connectivity index (χ3v) is 5.85. The number of rotatable bonds is 4. The van der Waals surface area contributed by atoms with Gasteiger partial charge in [-0.3, -0.25) is 0 Å². The van der Waals surface area contributed by atoms with Gasteiger partial charge in [-0.05, 0) is 0 Å². The van der Waals surface area contributed by atoms with Gasteiger partial charge in [-0.2, -0.15) is 0 Å². The van der Waals surface area contributed by atoms with Crippen molar-refractivity contribution in [3.8, 4) is 5.88 Å². The van der Waals surface area contributed by atoms with E-state index in [1.165, 1.54) is 7.11 Å². The summed E-state index contributed by atoms with van der Waals surface area (Å²) in [7, 11) is 1.48. The summed E-state index contributed by atoms with van der Waals surface area (Å²) < 4.78 is 12.7. The molecule has 0 saturated carbocycles. The van der Waals surface area contributed by atoms with Crippen LogP contribution in [0.5, 0.6) is 5.88 Å². The molecule has 0 unspecified atom stereocenters. The first-order valence-electron chi connectivity index (χ1n) is 6.62. The number of aliphatic hydroxyl groups excluding tert-OH is 2. The number of fused-ring (bicyclic) bond motifs is 1. The average Bonchev–Trinajstić information content (AvgIpc) is 3.06. The maximum atomic E-state index is 10.3. The van der Waals surface area contributed by atoms with Crippen LogP contribution in [0.2, 0.25) is 10.6 Å². The molecular formula is C12H17N5O4Se. The number of aromatic nitrogens is 4. The number of nitrogen functional groups attached to an aromatic ring is 1. The molecule has 1 aliphatic rings. The zero-order chi connectivity index (χ0) is 15.9. The minimum atomic E-state index is -0.724. The fourth-order valence-electron chi connectivity index (χ4n) is 2.58. The first kappa shape index (κ1) is 15.4. The molecule has 0 aliphatic carbocycles. The monoisotopic (exact) mass is 375 g/mol. The second kappa shape index (κ2) is 5.98. The average molecular weight is 374 g/mol. The Balaban J connectivity index is 2.08. The Kier molecular flexibility index (Phi) is 4.20. The van der Waals surface area contributed by atoms with Crippen LogP contribution in [-0.4, -0.2) is 70.6 Å². The zero-order valence-electron chi connectivity index (χ0n) is 12.1. The number of hydrogen-bond acceptors (Lipinski definition) is 8. The molecule has 0 bridgehead atoms. The topological polar surface area (TPSA) is 129 Å². The summed E-state index contributed by atoms with van der Waals surface area (Å²) >= 11 is 0.104. The van der Waals surface area contributed by atoms with E-state index in [2.05, 4.69) is 15.0 Å². The van der Waals surface area contributed by atoms with Crippen LogP contribution in [-0.2, 0) is 4.74 Å². The van der Waals surface area contributed by atoms with Crippen LogP contribution in [0.3, 0.4) is 0 Å². The molecule has 0 radical (unpaired) electrons. The van der Waals surface area contributed by atoms with Crippen molar-refractivity contribution in [1.82, 2.24) is 19.5 Å². The normalized spacial score (nSPS) is 28.4. The fraction of sp³-hybridized carbons (Fsp3) is 0.583. The number of anilines is 1. The molecule has 4 atom stereocenters.